The van der Waals surface area contributed by atoms with Gasteiger partial charge in [-0.15, -0.1) is 0 Å². The molecule has 0 aliphatic heterocycles. The molecule has 98 valence electrons. The van der Waals surface area contributed by atoms with Crippen molar-refractivity contribution in [3.05, 3.63) is 0 Å². The standard InChI is InChI=1S/C9H22N2O4S/c1-4-5-6-11(2)16(13,14)10-9(7-12)8-15-3/h9-10,12H,4-8H2,1-3H3. The molecule has 0 heterocycles. The number of rotatable bonds is 9. The van der Waals surface area contributed by atoms with E-state index in [-0.39, 0.29) is 13.2 Å². The van der Waals surface area contributed by atoms with E-state index in [0.717, 1.165) is 12.8 Å². The smallest absolute Gasteiger partial charge is 0.279 e. The summed E-state index contributed by atoms with van der Waals surface area (Å²) >= 11 is 0. The van der Waals surface area contributed by atoms with E-state index in [9.17, 15) is 8.42 Å². The molecule has 16 heavy (non-hydrogen) atoms. The fourth-order valence-electron chi connectivity index (χ4n) is 1.13. The molecule has 0 aliphatic carbocycles. The predicted molar refractivity (Wildman–Crippen MR) is 62.3 cm³/mol. The second-order valence-electron chi connectivity index (χ2n) is 3.63. The molecule has 0 bridgehead atoms. The van der Waals surface area contributed by atoms with Crippen LogP contribution in [0.1, 0.15) is 19.8 Å². The van der Waals surface area contributed by atoms with Crippen LogP contribution < -0.4 is 4.72 Å². The first-order valence-corrected chi connectivity index (χ1v) is 6.75. The third kappa shape index (κ3) is 5.76. The molecular formula is C9H22N2O4S. The SMILES string of the molecule is CCCCN(C)S(=O)(=O)NC(CO)COC. The van der Waals surface area contributed by atoms with Crippen LogP contribution >= 0.6 is 0 Å². The highest BCUT2D eigenvalue weighted by Crippen LogP contribution is 1.99. The molecule has 1 unspecified atom stereocenters. The summed E-state index contributed by atoms with van der Waals surface area (Å²) in [5, 5.41) is 8.95. The van der Waals surface area contributed by atoms with Crippen molar-refractivity contribution in [3.63, 3.8) is 0 Å². The Morgan fingerprint density at radius 2 is 2.12 bits per heavy atom. The Hall–Kier alpha value is -0.210. The zero-order chi connectivity index (χ0) is 12.6. The number of hydrogen-bond donors (Lipinski definition) is 2. The average Bonchev–Trinajstić information content (AvgIpc) is 2.24. The van der Waals surface area contributed by atoms with Gasteiger partial charge >= 0.3 is 0 Å². The molecular weight excluding hydrogens is 232 g/mol. The van der Waals surface area contributed by atoms with Gasteiger partial charge < -0.3 is 9.84 Å². The van der Waals surface area contributed by atoms with Crippen LogP contribution in [-0.2, 0) is 14.9 Å². The molecule has 0 aromatic carbocycles. The van der Waals surface area contributed by atoms with Crippen molar-refractivity contribution in [2.24, 2.45) is 0 Å². The minimum atomic E-state index is -3.52. The average molecular weight is 254 g/mol. The summed E-state index contributed by atoms with van der Waals surface area (Å²) in [6.45, 7) is 2.33. The van der Waals surface area contributed by atoms with Crippen molar-refractivity contribution in [2.45, 2.75) is 25.8 Å². The van der Waals surface area contributed by atoms with Crippen LogP contribution in [0.15, 0.2) is 0 Å². The van der Waals surface area contributed by atoms with Crippen LogP contribution in [0.5, 0.6) is 0 Å². The summed E-state index contributed by atoms with van der Waals surface area (Å²) in [6.07, 6.45) is 1.74. The quantitative estimate of drug-likeness (QED) is 0.585. The van der Waals surface area contributed by atoms with Gasteiger partial charge in [0.2, 0.25) is 0 Å². The summed E-state index contributed by atoms with van der Waals surface area (Å²) < 4.78 is 31.9. The lowest BCUT2D eigenvalue weighted by molar-refractivity contribution is 0.138. The van der Waals surface area contributed by atoms with Gasteiger partial charge in [0.1, 0.15) is 0 Å². The number of nitrogens with one attached hydrogen (secondary N) is 1. The molecule has 2 N–H and O–H groups in total. The highest BCUT2D eigenvalue weighted by molar-refractivity contribution is 7.87. The molecule has 0 spiro atoms. The van der Waals surface area contributed by atoms with Crippen molar-refractivity contribution in [3.8, 4) is 0 Å². The summed E-state index contributed by atoms with van der Waals surface area (Å²) in [4.78, 5) is 0. The van der Waals surface area contributed by atoms with E-state index in [4.69, 9.17) is 9.84 Å². The molecule has 0 rings (SSSR count). The van der Waals surface area contributed by atoms with E-state index < -0.39 is 16.3 Å². The van der Waals surface area contributed by atoms with Gasteiger partial charge in [-0.3, -0.25) is 0 Å². The van der Waals surface area contributed by atoms with E-state index in [2.05, 4.69) is 4.72 Å². The van der Waals surface area contributed by atoms with E-state index in [1.807, 2.05) is 6.92 Å². The molecule has 6 nitrogen and oxygen atoms in total. The fourth-order valence-corrected chi connectivity index (χ4v) is 2.24. The maximum absolute atomic E-state index is 11.7. The number of aliphatic hydroxyl groups is 1. The van der Waals surface area contributed by atoms with Crippen LogP contribution in [0.25, 0.3) is 0 Å². The largest absolute Gasteiger partial charge is 0.395 e. The number of nitrogens with zero attached hydrogens (tertiary/aromatic N) is 1. The molecule has 0 amide bonds. The van der Waals surface area contributed by atoms with Gasteiger partial charge in [0.25, 0.3) is 10.2 Å². The van der Waals surface area contributed by atoms with E-state index >= 15 is 0 Å². The topological polar surface area (TPSA) is 78.9 Å². The predicted octanol–water partition coefficient (Wildman–Crippen LogP) is -0.440. The van der Waals surface area contributed by atoms with Gasteiger partial charge in [0.15, 0.2) is 0 Å². The minimum absolute atomic E-state index is 0.150. The highest BCUT2D eigenvalue weighted by Gasteiger charge is 2.21. The second kappa shape index (κ2) is 7.97. The normalized spacial score (nSPS) is 14.3. The summed E-state index contributed by atoms with van der Waals surface area (Å²) in [6, 6.07) is -0.598. The lowest BCUT2D eigenvalue weighted by atomic mass is 10.3. The Morgan fingerprint density at radius 1 is 1.50 bits per heavy atom. The molecule has 0 aromatic heterocycles. The summed E-state index contributed by atoms with van der Waals surface area (Å²) in [7, 11) is -0.553. The molecule has 1 atom stereocenters. The summed E-state index contributed by atoms with van der Waals surface area (Å²) in [5.74, 6) is 0. The lowest BCUT2D eigenvalue weighted by Crippen LogP contribution is -2.47. The molecule has 0 radical (unpaired) electrons. The van der Waals surface area contributed by atoms with Crippen molar-refractivity contribution in [1.29, 1.82) is 0 Å². The first kappa shape index (κ1) is 15.8. The maximum atomic E-state index is 11.7. The van der Waals surface area contributed by atoms with Gasteiger partial charge in [-0.05, 0) is 6.42 Å². The Balaban J connectivity index is 4.30. The van der Waals surface area contributed by atoms with E-state index in [1.165, 1.54) is 18.5 Å². The molecule has 0 saturated heterocycles. The first-order chi connectivity index (χ1) is 7.47. The van der Waals surface area contributed by atoms with Crippen LogP contribution in [0, 0.1) is 0 Å². The zero-order valence-electron chi connectivity index (χ0n) is 10.1. The van der Waals surface area contributed by atoms with Crippen molar-refractivity contribution < 1.29 is 18.3 Å². The Bertz CT molecular complexity index is 269. The molecule has 0 fully saturated rings. The number of methoxy groups -OCH3 is 1. The number of aliphatic hydroxyl groups excluding tert-OH is 1. The molecule has 0 aliphatic rings. The highest BCUT2D eigenvalue weighted by atomic mass is 32.2. The zero-order valence-corrected chi connectivity index (χ0v) is 11.0. The summed E-state index contributed by atoms with van der Waals surface area (Å²) in [5.41, 5.74) is 0. The number of hydrogen-bond acceptors (Lipinski definition) is 4. The number of ether oxygens (including phenoxy) is 1. The molecule has 0 saturated carbocycles. The van der Waals surface area contributed by atoms with Gasteiger partial charge in [0.05, 0.1) is 19.3 Å². The van der Waals surface area contributed by atoms with E-state index in [0.29, 0.717) is 6.54 Å². The first-order valence-electron chi connectivity index (χ1n) is 5.31. The van der Waals surface area contributed by atoms with Gasteiger partial charge in [0, 0.05) is 20.7 Å². The fraction of sp³-hybridized carbons (Fsp3) is 1.00. The Labute approximate surface area is 97.8 Å². The van der Waals surface area contributed by atoms with Crippen molar-refractivity contribution >= 4 is 10.2 Å². The molecule has 7 heteroatoms. The molecule has 0 aromatic rings. The van der Waals surface area contributed by atoms with Crippen LogP contribution in [0.4, 0.5) is 0 Å². The lowest BCUT2D eigenvalue weighted by Gasteiger charge is -2.21. The Morgan fingerprint density at radius 3 is 2.56 bits per heavy atom. The van der Waals surface area contributed by atoms with Gasteiger partial charge in [-0.1, -0.05) is 13.3 Å². The maximum Gasteiger partial charge on any atom is 0.279 e. The number of unbranched alkanes of at least 4 members (excludes halogenated alkanes) is 1. The van der Waals surface area contributed by atoms with Crippen LogP contribution in [-0.4, -0.2) is 57.8 Å². The third-order valence-corrected chi connectivity index (χ3v) is 3.78. The minimum Gasteiger partial charge on any atom is -0.395 e. The van der Waals surface area contributed by atoms with Crippen molar-refractivity contribution in [2.75, 3.05) is 33.9 Å². The van der Waals surface area contributed by atoms with Crippen LogP contribution in [0.2, 0.25) is 0 Å². The third-order valence-electron chi connectivity index (χ3n) is 2.14. The van der Waals surface area contributed by atoms with Gasteiger partial charge in [-0.2, -0.15) is 17.4 Å². The monoisotopic (exact) mass is 254 g/mol. The van der Waals surface area contributed by atoms with E-state index in [1.54, 1.807) is 0 Å². The van der Waals surface area contributed by atoms with Gasteiger partial charge in [-0.25, -0.2) is 0 Å². The van der Waals surface area contributed by atoms with Crippen molar-refractivity contribution in [1.82, 2.24) is 9.03 Å². The van der Waals surface area contributed by atoms with Crippen LogP contribution in [0.3, 0.4) is 0 Å². The second-order valence-corrected chi connectivity index (χ2v) is 5.44. The Kier molecular flexibility index (Phi) is 7.86.